The van der Waals surface area contributed by atoms with Crippen molar-refractivity contribution in [1.82, 2.24) is 25.3 Å². The maximum Gasteiger partial charge on any atom is 0.421 e. The summed E-state index contributed by atoms with van der Waals surface area (Å²) in [6.07, 6.45) is 0.443. The van der Waals surface area contributed by atoms with Crippen molar-refractivity contribution in [2.75, 3.05) is 33.4 Å². The largest absolute Gasteiger partial charge is 0.421 e. The summed E-state index contributed by atoms with van der Waals surface area (Å²) in [6, 6.07) is -0.130. The number of likely N-dealkylation sites (tertiary alicyclic amines) is 1. The monoisotopic (exact) mass is 445 g/mol. The number of piperidine rings is 1. The van der Waals surface area contributed by atoms with E-state index in [-0.39, 0.29) is 5.84 Å². The molecule has 3 aliphatic heterocycles. The first-order chi connectivity index (χ1) is 14.7. The number of rotatable bonds is 3. The van der Waals surface area contributed by atoms with E-state index in [1.807, 2.05) is 0 Å². The summed E-state index contributed by atoms with van der Waals surface area (Å²) in [6.45, 7) is 2.47. The van der Waals surface area contributed by atoms with E-state index in [9.17, 15) is 13.2 Å². The van der Waals surface area contributed by atoms with Crippen molar-refractivity contribution < 1.29 is 22.3 Å². The van der Waals surface area contributed by atoms with Crippen LogP contribution in [0.1, 0.15) is 30.9 Å². The number of aromatic nitrogens is 2. The minimum Gasteiger partial charge on any atom is -0.381 e. The highest BCUT2D eigenvalue weighted by molar-refractivity contribution is 6.00. The van der Waals surface area contributed by atoms with Crippen LogP contribution in [0, 0.1) is 0 Å². The molecule has 0 amide bonds. The Morgan fingerprint density at radius 2 is 2.03 bits per heavy atom. The highest BCUT2D eigenvalue weighted by Crippen LogP contribution is 2.32. The Hall–Kier alpha value is -2.18. The number of nitrogens with one attached hydrogen (secondary N) is 2. The molecule has 4 N–H and O–H groups in total. The van der Waals surface area contributed by atoms with Gasteiger partial charge in [-0.3, -0.25) is 15.3 Å². The van der Waals surface area contributed by atoms with Gasteiger partial charge in [0.25, 0.3) is 0 Å². The van der Waals surface area contributed by atoms with Gasteiger partial charge in [0.2, 0.25) is 5.79 Å². The van der Waals surface area contributed by atoms with Crippen LogP contribution >= 0.6 is 0 Å². The van der Waals surface area contributed by atoms with Gasteiger partial charge in [-0.15, -0.1) is 0 Å². The van der Waals surface area contributed by atoms with Crippen LogP contribution in [0.25, 0.3) is 0 Å². The van der Waals surface area contributed by atoms with E-state index in [4.69, 9.17) is 10.5 Å². The molecule has 1 aromatic rings. The van der Waals surface area contributed by atoms with Crippen molar-refractivity contribution in [3.63, 3.8) is 0 Å². The molecule has 12 heteroatoms. The van der Waals surface area contributed by atoms with E-state index in [1.54, 1.807) is 6.20 Å². The van der Waals surface area contributed by atoms with Crippen LogP contribution in [0.4, 0.5) is 17.6 Å². The quantitative estimate of drug-likeness (QED) is 0.609. The van der Waals surface area contributed by atoms with Gasteiger partial charge in [0.15, 0.2) is 0 Å². The lowest BCUT2D eigenvalue weighted by molar-refractivity contribution is -0.0872. The number of hydrogen-bond donors (Lipinski definition) is 3. The first-order valence-corrected chi connectivity index (χ1v) is 10.3. The fourth-order valence-electron chi connectivity index (χ4n) is 4.39. The van der Waals surface area contributed by atoms with Crippen molar-refractivity contribution in [3.05, 3.63) is 29.7 Å². The van der Waals surface area contributed by atoms with Crippen molar-refractivity contribution in [2.24, 2.45) is 10.7 Å². The van der Waals surface area contributed by atoms with Gasteiger partial charge >= 0.3 is 6.18 Å². The molecule has 2 fully saturated rings. The van der Waals surface area contributed by atoms with E-state index in [2.05, 4.69) is 25.6 Å². The summed E-state index contributed by atoms with van der Waals surface area (Å²) < 4.78 is 61.4. The molecule has 0 aromatic carbocycles. The molecule has 172 valence electrons. The Labute approximate surface area is 177 Å². The standard InChI is InChI=1S/C19H27F4N7O/c1-25-17-14(18(21,22)23)9-26-19(24,28-17)12-8-27-30(10-12)16-2-5-29(11-15(16)20)13-3-6-31-7-4-13/h8-10,13,15-16,26H,2-7,11,24H2,1H3,(H,25,28)/t15-,16-,19?/m1/s1. The van der Waals surface area contributed by atoms with Crippen LogP contribution in [-0.2, 0) is 10.5 Å². The number of hydrogen-bond acceptors (Lipinski definition) is 7. The highest BCUT2D eigenvalue weighted by atomic mass is 19.4. The van der Waals surface area contributed by atoms with Crippen molar-refractivity contribution in [1.29, 1.82) is 0 Å². The van der Waals surface area contributed by atoms with Gasteiger partial charge in [-0.2, -0.15) is 18.3 Å². The minimum absolute atomic E-state index is 0.316. The first kappa shape index (κ1) is 22.0. The second-order valence-electron chi connectivity index (χ2n) is 8.10. The zero-order valence-electron chi connectivity index (χ0n) is 17.2. The SMILES string of the molecule is CNC1=NC(N)(c2cnn([C@@H]3CCN(C4CCOCC4)C[C@H]3F)c2)NC=C1C(F)(F)F. The molecule has 8 nitrogen and oxygen atoms in total. The summed E-state index contributed by atoms with van der Waals surface area (Å²) in [4.78, 5) is 6.19. The highest BCUT2D eigenvalue weighted by Gasteiger charge is 2.43. The van der Waals surface area contributed by atoms with Gasteiger partial charge in [0.05, 0.1) is 17.8 Å². The minimum atomic E-state index is -4.58. The summed E-state index contributed by atoms with van der Waals surface area (Å²) in [7, 11) is 1.34. The topological polar surface area (TPSA) is 92.7 Å². The molecule has 0 saturated carbocycles. The van der Waals surface area contributed by atoms with E-state index in [0.29, 0.717) is 37.8 Å². The van der Waals surface area contributed by atoms with Crippen LogP contribution in [-0.4, -0.2) is 72.3 Å². The molecular formula is C19H27F4N7O. The Morgan fingerprint density at radius 1 is 1.29 bits per heavy atom. The molecule has 0 bridgehead atoms. The number of likely N-dealkylation sites (N-methyl/N-ethyl adjacent to an activating group) is 1. The number of nitrogens with two attached hydrogens (primary N) is 1. The summed E-state index contributed by atoms with van der Waals surface area (Å²) in [5.74, 6) is -2.02. The Kier molecular flexibility index (Phi) is 5.97. The Bertz CT molecular complexity index is 849. The molecule has 31 heavy (non-hydrogen) atoms. The molecule has 1 unspecified atom stereocenters. The third kappa shape index (κ3) is 4.41. The van der Waals surface area contributed by atoms with Gasteiger partial charge in [0, 0.05) is 51.8 Å². The number of nitrogens with zero attached hydrogens (tertiary/aromatic N) is 4. The van der Waals surface area contributed by atoms with Crippen LogP contribution in [0.5, 0.6) is 0 Å². The van der Waals surface area contributed by atoms with Crippen molar-refractivity contribution in [2.45, 2.75) is 49.5 Å². The number of alkyl halides is 4. The normalized spacial score (nSPS) is 31.0. The summed E-state index contributed by atoms with van der Waals surface area (Å²) in [5.41, 5.74) is 5.62. The van der Waals surface area contributed by atoms with Gasteiger partial charge in [-0.25, -0.2) is 9.38 Å². The van der Waals surface area contributed by atoms with E-state index in [1.165, 1.54) is 17.9 Å². The van der Waals surface area contributed by atoms with Crippen LogP contribution in [0.2, 0.25) is 0 Å². The van der Waals surface area contributed by atoms with Gasteiger partial charge < -0.3 is 15.4 Å². The third-order valence-corrected chi connectivity index (χ3v) is 6.15. The fraction of sp³-hybridized carbons (Fsp3) is 0.684. The predicted molar refractivity (Wildman–Crippen MR) is 106 cm³/mol. The second kappa shape index (κ2) is 8.40. The Balaban J connectivity index is 1.47. The van der Waals surface area contributed by atoms with Gasteiger partial charge in [0.1, 0.15) is 17.6 Å². The lowest BCUT2D eigenvalue weighted by Crippen LogP contribution is -2.52. The van der Waals surface area contributed by atoms with Gasteiger partial charge in [-0.1, -0.05) is 0 Å². The molecule has 4 rings (SSSR count). The average molecular weight is 445 g/mol. The lowest BCUT2D eigenvalue weighted by atomic mass is 9.98. The molecular weight excluding hydrogens is 418 g/mol. The predicted octanol–water partition coefficient (Wildman–Crippen LogP) is 1.38. The number of ether oxygens (including phenoxy) is 1. The fourth-order valence-corrected chi connectivity index (χ4v) is 4.39. The van der Waals surface area contributed by atoms with Crippen molar-refractivity contribution in [3.8, 4) is 0 Å². The first-order valence-electron chi connectivity index (χ1n) is 10.3. The molecule has 4 heterocycles. The number of amidine groups is 1. The second-order valence-corrected chi connectivity index (χ2v) is 8.10. The smallest absolute Gasteiger partial charge is 0.381 e. The zero-order valence-corrected chi connectivity index (χ0v) is 17.2. The number of aliphatic imine (C=N–C) groups is 1. The maximum atomic E-state index is 15.0. The zero-order chi connectivity index (χ0) is 22.2. The van der Waals surface area contributed by atoms with Crippen LogP contribution < -0.4 is 16.4 Å². The summed E-state index contributed by atoms with van der Waals surface area (Å²) >= 11 is 0. The molecule has 3 atom stereocenters. The van der Waals surface area contributed by atoms with E-state index >= 15 is 4.39 Å². The maximum absolute atomic E-state index is 15.0. The number of halogens is 4. The lowest BCUT2D eigenvalue weighted by Gasteiger charge is -2.40. The van der Waals surface area contributed by atoms with Crippen LogP contribution in [0.15, 0.2) is 29.2 Å². The van der Waals surface area contributed by atoms with E-state index < -0.39 is 29.7 Å². The molecule has 0 aliphatic carbocycles. The average Bonchev–Trinajstić information content (AvgIpc) is 3.24. The molecule has 1 aromatic heterocycles. The molecule has 3 aliphatic rings. The summed E-state index contributed by atoms with van der Waals surface area (Å²) in [5, 5.41) is 9.20. The van der Waals surface area contributed by atoms with Crippen LogP contribution in [0.3, 0.4) is 0 Å². The molecule has 0 radical (unpaired) electrons. The molecule has 0 spiro atoms. The van der Waals surface area contributed by atoms with Gasteiger partial charge in [-0.05, 0) is 19.3 Å². The molecule has 2 saturated heterocycles. The van der Waals surface area contributed by atoms with Crippen molar-refractivity contribution >= 4 is 5.84 Å². The Morgan fingerprint density at radius 3 is 2.68 bits per heavy atom. The third-order valence-electron chi connectivity index (χ3n) is 6.15. The van der Waals surface area contributed by atoms with E-state index in [0.717, 1.165) is 25.6 Å².